The van der Waals surface area contributed by atoms with Crippen molar-refractivity contribution in [2.75, 3.05) is 6.61 Å². The zero-order valence-corrected chi connectivity index (χ0v) is 12.4. The molecule has 20 heavy (non-hydrogen) atoms. The van der Waals surface area contributed by atoms with Gasteiger partial charge < -0.3 is 4.74 Å². The van der Waals surface area contributed by atoms with Gasteiger partial charge in [-0.1, -0.05) is 24.3 Å². The van der Waals surface area contributed by atoms with Crippen LogP contribution in [-0.4, -0.2) is 16.4 Å². The number of fused-ring (bicyclic) bond motifs is 4. The molecule has 0 bridgehead atoms. The van der Waals surface area contributed by atoms with E-state index in [-0.39, 0.29) is 0 Å². The number of halogens is 1. The van der Waals surface area contributed by atoms with Crippen molar-refractivity contribution in [2.24, 2.45) is 0 Å². The van der Waals surface area contributed by atoms with Crippen molar-refractivity contribution < 1.29 is 4.74 Å². The van der Waals surface area contributed by atoms with Crippen LogP contribution in [0.2, 0.25) is 0 Å². The van der Waals surface area contributed by atoms with Crippen LogP contribution in [0.1, 0.15) is 6.42 Å². The highest BCUT2D eigenvalue weighted by Crippen LogP contribution is 2.39. The van der Waals surface area contributed by atoms with Crippen LogP contribution in [0.4, 0.5) is 0 Å². The first-order chi connectivity index (χ1) is 9.83. The molecule has 4 heteroatoms. The van der Waals surface area contributed by atoms with Crippen molar-refractivity contribution in [3.05, 3.63) is 47.1 Å². The second kappa shape index (κ2) is 4.63. The van der Waals surface area contributed by atoms with Gasteiger partial charge in [0.1, 0.15) is 5.75 Å². The summed E-state index contributed by atoms with van der Waals surface area (Å²) in [6.45, 7) is 1.61. The lowest BCUT2D eigenvalue weighted by Crippen LogP contribution is -2.11. The Hall–Kier alpha value is -1.81. The first kappa shape index (κ1) is 12.0. The molecule has 0 saturated carbocycles. The maximum absolute atomic E-state index is 5.96. The van der Waals surface area contributed by atoms with E-state index in [1.807, 2.05) is 6.20 Å². The third-order valence-electron chi connectivity index (χ3n) is 3.67. The molecule has 100 valence electrons. The van der Waals surface area contributed by atoms with E-state index >= 15 is 0 Å². The van der Waals surface area contributed by atoms with Gasteiger partial charge in [0.15, 0.2) is 0 Å². The third kappa shape index (κ3) is 1.83. The molecular weight excluding hydrogens is 316 g/mol. The van der Waals surface area contributed by atoms with Crippen molar-refractivity contribution in [2.45, 2.75) is 13.0 Å². The molecular formula is C16H13BrN2O. The van der Waals surface area contributed by atoms with E-state index in [4.69, 9.17) is 4.74 Å². The van der Waals surface area contributed by atoms with Crippen LogP contribution in [-0.2, 0) is 6.54 Å². The van der Waals surface area contributed by atoms with Crippen molar-refractivity contribution in [3.8, 4) is 17.0 Å². The van der Waals surface area contributed by atoms with Crippen molar-refractivity contribution in [1.29, 1.82) is 0 Å². The summed E-state index contributed by atoms with van der Waals surface area (Å²) < 4.78 is 9.03. The Balaban J connectivity index is 2.05. The lowest BCUT2D eigenvalue weighted by Gasteiger charge is -2.18. The monoisotopic (exact) mass is 328 g/mol. The Bertz CT molecular complexity index is 794. The van der Waals surface area contributed by atoms with E-state index in [1.54, 1.807) is 0 Å². The minimum Gasteiger partial charge on any atom is -0.493 e. The second-order valence-corrected chi connectivity index (χ2v) is 5.82. The molecule has 0 aliphatic carbocycles. The van der Waals surface area contributed by atoms with Crippen LogP contribution >= 0.6 is 15.9 Å². The molecule has 0 N–H and O–H groups in total. The van der Waals surface area contributed by atoms with Crippen LogP contribution in [0.25, 0.3) is 22.0 Å². The number of hydrogen-bond donors (Lipinski definition) is 0. The summed E-state index contributed by atoms with van der Waals surface area (Å²) in [5.74, 6) is 0.936. The van der Waals surface area contributed by atoms with Gasteiger partial charge in [-0.25, -0.2) is 0 Å². The first-order valence-corrected chi connectivity index (χ1v) is 7.49. The summed E-state index contributed by atoms with van der Waals surface area (Å²) in [5, 5.41) is 6.87. The number of benzene rings is 2. The second-order valence-electron chi connectivity index (χ2n) is 4.96. The van der Waals surface area contributed by atoms with Crippen molar-refractivity contribution in [1.82, 2.24) is 9.78 Å². The number of nitrogens with zero attached hydrogens (tertiary/aromatic N) is 2. The Labute approximate surface area is 125 Å². The standard InChI is InChI=1S/C16H13BrN2O/c17-14-10-18-19-6-3-7-20-15-9-12-5-2-1-4-11(12)8-13(15)16(14)19/h1-2,4-5,8-10H,3,6-7H2. The number of aromatic nitrogens is 2. The van der Waals surface area contributed by atoms with Crippen molar-refractivity contribution >= 4 is 26.7 Å². The van der Waals surface area contributed by atoms with E-state index in [9.17, 15) is 0 Å². The molecule has 3 nitrogen and oxygen atoms in total. The van der Waals surface area contributed by atoms with Crippen LogP contribution in [0.3, 0.4) is 0 Å². The lowest BCUT2D eigenvalue weighted by atomic mass is 10.0. The molecule has 1 aliphatic heterocycles. The quantitative estimate of drug-likeness (QED) is 0.617. The van der Waals surface area contributed by atoms with Crippen LogP contribution in [0.5, 0.6) is 5.75 Å². The summed E-state index contributed by atoms with van der Waals surface area (Å²) in [7, 11) is 0. The van der Waals surface area contributed by atoms with E-state index in [0.717, 1.165) is 41.1 Å². The molecule has 0 fully saturated rings. The van der Waals surface area contributed by atoms with Gasteiger partial charge in [0, 0.05) is 18.5 Å². The largest absolute Gasteiger partial charge is 0.493 e. The van der Waals surface area contributed by atoms with Gasteiger partial charge in [-0.2, -0.15) is 5.10 Å². The van der Waals surface area contributed by atoms with E-state index in [0.29, 0.717) is 0 Å². The molecule has 0 amide bonds. The molecule has 1 aliphatic rings. The van der Waals surface area contributed by atoms with E-state index < -0.39 is 0 Å². The predicted octanol–water partition coefficient (Wildman–Crippen LogP) is 4.25. The smallest absolute Gasteiger partial charge is 0.129 e. The minimum atomic E-state index is 0.724. The highest BCUT2D eigenvalue weighted by Gasteiger charge is 2.18. The van der Waals surface area contributed by atoms with Gasteiger partial charge in [-0.3, -0.25) is 4.68 Å². The van der Waals surface area contributed by atoms with Gasteiger partial charge in [0.25, 0.3) is 0 Å². The lowest BCUT2D eigenvalue weighted by molar-refractivity contribution is 0.295. The average molecular weight is 329 g/mol. The number of ether oxygens (including phenoxy) is 1. The Kier molecular flexibility index (Phi) is 2.77. The summed E-state index contributed by atoms with van der Waals surface area (Å²) >= 11 is 3.61. The Morgan fingerprint density at radius 2 is 1.95 bits per heavy atom. The molecule has 0 atom stereocenters. The summed E-state index contributed by atoms with van der Waals surface area (Å²) in [6.07, 6.45) is 2.83. The highest BCUT2D eigenvalue weighted by molar-refractivity contribution is 9.10. The van der Waals surface area contributed by atoms with E-state index in [2.05, 4.69) is 62.1 Å². The zero-order valence-electron chi connectivity index (χ0n) is 10.8. The zero-order chi connectivity index (χ0) is 13.5. The van der Waals surface area contributed by atoms with Crippen LogP contribution in [0, 0.1) is 0 Å². The fraction of sp³-hybridized carbons (Fsp3) is 0.188. The molecule has 2 heterocycles. The summed E-state index contributed by atoms with van der Waals surface area (Å²) in [4.78, 5) is 0. The number of aryl methyl sites for hydroxylation is 1. The highest BCUT2D eigenvalue weighted by atomic mass is 79.9. The molecule has 0 radical (unpaired) electrons. The number of hydrogen-bond acceptors (Lipinski definition) is 2. The first-order valence-electron chi connectivity index (χ1n) is 6.70. The summed E-state index contributed by atoms with van der Waals surface area (Å²) in [6, 6.07) is 12.7. The molecule has 0 saturated heterocycles. The van der Waals surface area contributed by atoms with Crippen LogP contribution in [0.15, 0.2) is 47.1 Å². The van der Waals surface area contributed by atoms with E-state index in [1.165, 1.54) is 10.8 Å². The topological polar surface area (TPSA) is 27.1 Å². The maximum atomic E-state index is 5.96. The molecule has 0 unspecified atom stereocenters. The molecule has 1 aromatic heterocycles. The number of rotatable bonds is 0. The Morgan fingerprint density at radius 1 is 1.15 bits per heavy atom. The molecule has 4 rings (SSSR count). The third-order valence-corrected chi connectivity index (χ3v) is 4.25. The molecule has 2 aromatic carbocycles. The summed E-state index contributed by atoms with van der Waals surface area (Å²) in [5.41, 5.74) is 2.21. The normalized spacial score (nSPS) is 14.1. The van der Waals surface area contributed by atoms with Gasteiger partial charge in [0.2, 0.25) is 0 Å². The van der Waals surface area contributed by atoms with Gasteiger partial charge in [-0.15, -0.1) is 0 Å². The Morgan fingerprint density at radius 3 is 2.80 bits per heavy atom. The van der Waals surface area contributed by atoms with Gasteiger partial charge >= 0.3 is 0 Å². The van der Waals surface area contributed by atoms with Gasteiger partial charge in [0.05, 0.1) is 23.0 Å². The average Bonchev–Trinajstić information content (AvgIpc) is 2.80. The fourth-order valence-corrected chi connectivity index (χ4v) is 3.23. The van der Waals surface area contributed by atoms with Gasteiger partial charge in [-0.05, 0) is 38.8 Å². The molecule has 0 spiro atoms. The molecule has 3 aromatic rings. The van der Waals surface area contributed by atoms with Crippen LogP contribution < -0.4 is 4.74 Å². The minimum absolute atomic E-state index is 0.724. The fourth-order valence-electron chi connectivity index (χ4n) is 2.72. The SMILES string of the molecule is Brc1cnn2c1-c1cc3ccccc3cc1OCCC2. The maximum Gasteiger partial charge on any atom is 0.129 e. The van der Waals surface area contributed by atoms with Crippen molar-refractivity contribution in [3.63, 3.8) is 0 Å². The predicted molar refractivity (Wildman–Crippen MR) is 83.0 cm³/mol.